The van der Waals surface area contributed by atoms with Crippen LogP contribution in [-0.2, 0) is 52.9 Å². The molecule has 0 atom stereocenters. The number of ether oxygens (including phenoxy) is 7. The largest absolute Gasteiger partial charge is 0.461 e. The van der Waals surface area contributed by atoms with Crippen LogP contribution in [0.5, 0.6) is 0 Å². The van der Waals surface area contributed by atoms with Gasteiger partial charge in [-0.2, -0.15) is 0 Å². The third kappa shape index (κ3) is 29.0. The Kier molecular flexibility index (Phi) is 28.0. The Morgan fingerprint density at radius 2 is 0.870 bits per heavy atom. The molecule has 77 heavy (non-hydrogen) atoms. The minimum Gasteiger partial charge on any atom is -0.461 e. The summed E-state index contributed by atoms with van der Waals surface area (Å²) in [5.41, 5.74) is 12.3. The van der Waals surface area contributed by atoms with Crippen molar-refractivity contribution in [2.75, 3.05) is 93.2 Å². The average Bonchev–Trinajstić information content (AvgIpc) is 4.21. The lowest BCUT2D eigenvalue weighted by molar-refractivity contribution is 0.0336. The third-order valence-electron chi connectivity index (χ3n) is 8.63. The van der Waals surface area contributed by atoms with E-state index in [1.165, 1.54) is 50.7 Å². The summed E-state index contributed by atoms with van der Waals surface area (Å²) in [4.78, 5) is 81.5. The molecule has 5 aromatic rings. The lowest BCUT2D eigenvalue weighted by atomic mass is 10.2. The van der Waals surface area contributed by atoms with E-state index in [1.54, 1.807) is 66.2 Å². The molecule has 7 heterocycles. The first-order valence-electron chi connectivity index (χ1n) is 24.0. The molecule has 8 N–H and O–H groups in total. The average molecular weight is 1170 g/mol. The van der Waals surface area contributed by atoms with Crippen molar-refractivity contribution in [3.63, 3.8) is 0 Å². The number of morpholine rings is 2. The second-order valence-electron chi connectivity index (χ2n) is 18.8. The number of carbonyl (C=O) groups excluding carboxylic acids is 5. The van der Waals surface area contributed by atoms with Gasteiger partial charge < -0.3 is 49.7 Å². The maximum absolute atomic E-state index is 11.6. The highest BCUT2D eigenvalue weighted by Crippen LogP contribution is 2.21. The summed E-state index contributed by atoms with van der Waals surface area (Å²) in [6, 6.07) is 0. The fourth-order valence-corrected chi connectivity index (χ4v) is 8.76. The summed E-state index contributed by atoms with van der Waals surface area (Å²) in [5.74, 6) is -0.925. The molecule has 2 aliphatic rings. The van der Waals surface area contributed by atoms with Gasteiger partial charge in [0.1, 0.15) is 16.8 Å². The summed E-state index contributed by atoms with van der Waals surface area (Å²) in [6.45, 7) is 28.8. The van der Waals surface area contributed by atoms with E-state index in [9.17, 15) is 24.0 Å². The van der Waals surface area contributed by atoms with E-state index in [-0.39, 0.29) is 24.6 Å². The molecular weight excluding hydrogens is 1100 g/mol. The maximum Gasteiger partial charge on any atom is 0.413 e. The van der Waals surface area contributed by atoms with Crippen LogP contribution in [0, 0.1) is 0 Å². The Morgan fingerprint density at radius 1 is 0.532 bits per heavy atom. The Morgan fingerprint density at radius 3 is 1.23 bits per heavy atom. The predicted molar refractivity (Wildman–Crippen MR) is 299 cm³/mol. The fraction of sp³-hybridized carbons (Fsp3) is 0.574. The van der Waals surface area contributed by atoms with Gasteiger partial charge in [0.2, 0.25) is 0 Å². The highest BCUT2D eigenvalue weighted by Gasteiger charge is 2.21. The van der Waals surface area contributed by atoms with Gasteiger partial charge in [-0.25, -0.2) is 48.9 Å². The molecular formula is C47H72N12O13S5. The number of aromatic nitrogens is 5. The number of nitrogens with two attached hydrogens (primary N) is 2. The first-order valence-corrected chi connectivity index (χ1v) is 28.4. The van der Waals surface area contributed by atoms with Gasteiger partial charge in [0.15, 0.2) is 37.0 Å². The zero-order chi connectivity index (χ0) is 57.2. The molecule has 0 spiro atoms. The van der Waals surface area contributed by atoms with Crippen molar-refractivity contribution in [1.29, 1.82) is 0 Å². The molecule has 0 aliphatic carbocycles. The van der Waals surface area contributed by atoms with Crippen molar-refractivity contribution in [2.24, 2.45) is 0 Å². The molecule has 2 aliphatic heterocycles. The zero-order valence-electron chi connectivity index (χ0n) is 45.3. The number of thiazole rings is 5. The first kappa shape index (κ1) is 65.6. The Balaban J connectivity index is 0.000000257. The normalized spacial score (nSPS) is 13.7. The van der Waals surface area contributed by atoms with E-state index < -0.39 is 47.0 Å². The molecule has 5 aromatic heterocycles. The zero-order valence-corrected chi connectivity index (χ0v) is 49.3. The van der Waals surface area contributed by atoms with E-state index in [1.807, 2.05) is 31.5 Å². The van der Waals surface area contributed by atoms with Crippen LogP contribution in [0.3, 0.4) is 0 Å². The van der Waals surface area contributed by atoms with Crippen LogP contribution in [0.15, 0.2) is 26.9 Å². The van der Waals surface area contributed by atoms with Gasteiger partial charge in [-0.3, -0.25) is 25.8 Å². The number of nitrogen functional groups attached to an aromatic ring is 2. The van der Waals surface area contributed by atoms with Gasteiger partial charge in [0.05, 0.1) is 63.3 Å². The SMILES string of the molecule is CC(C)(C)OC(=O)Nc1nc(CN2CCOCC2)cs1.CC(C)(C)OC(=O)Nc1nc(CO)cs1.CCOC(=O)c1csc(N)n1.CCOC(=O)c1csc(NC(=O)OC(C)(C)C)n1.Nc1nc(CN2CCOCC2)cs1. The summed E-state index contributed by atoms with van der Waals surface area (Å²) in [5, 5.41) is 27.5. The summed E-state index contributed by atoms with van der Waals surface area (Å²) < 4.78 is 35.3. The van der Waals surface area contributed by atoms with E-state index in [4.69, 9.17) is 49.7 Å². The van der Waals surface area contributed by atoms with Gasteiger partial charge in [-0.1, -0.05) is 0 Å². The van der Waals surface area contributed by atoms with Gasteiger partial charge >= 0.3 is 30.2 Å². The fourth-order valence-electron chi connectivity index (χ4n) is 5.64. The number of hydrogen-bond donors (Lipinski definition) is 6. The number of aliphatic hydroxyl groups excluding tert-OH is 1. The van der Waals surface area contributed by atoms with Gasteiger partial charge in [0, 0.05) is 66.2 Å². The number of nitrogens with zero attached hydrogens (tertiary/aromatic N) is 7. The van der Waals surface area contributed by atoms with Crippen molar-refractivity contribution in [3.05, 3.63) is 55.4 Å². The number of rotatable bonds is 12. The number of aliphatic hydroxyl groups is 1. The predicted octanol–water partition coefficient (Wildman–Crippen LogP) is 8.43. The van der Waals surface area contributed by atoms with Crippen molar-refractivity contribution in [2.45, 2.75) is 113 Å². The van der Waals surface area contributed by atoms with Crippen LogP contribution in [0.25, 0.3) is 0 Å². The molecule has 3 amide bonds. The highest BCUT2D eigenvalue weighted by molar-refractivity contribution is 7.15. The van der Waals surface area contributed by atoms with Crippen molar-refractivity contribution in [3.8, 4) is 0 Å². The highest BCUT2D eigenvalue weighted by atomic mass is 32.1. The number of carbonyl (C=O) groups is 5. The maximum atomic E-state index is 11.6. The molecule has 0 unspecified atom stereocenters. The van der Waals surface area contributed by atoms with E-state index in [0.29, 0.717) is 38.0 Å². The van der Waals surface area contributed by atoms with Crippen molar-refractivity contribution in [1.82, 2.24) is 34.7 Å². The quantitative estimate of drug-likeness (QED) is 0.0504. The first-order chi connectivity index (χ1) is 36.2. The molecule has 0 bridgehead atoms. The van der Waals surface area contributed by atoms with Crippen LogP contribution < -0.4 is 27.4 Å². The van der Waals surface area contributed by atoms with E-state index >= 15 is 0 Å². The van der Waals surface area contributed by atoms with Crippen LogP contribution in [0.4, 0.5) is 40.0 Å². The Hall–Kier alpha value is -5.70. The molecule has 0 radical (unpaired) electrons. The van der Waals surface area contributed by atoms with Crippen LogP contribution in [0.2, 0.25) is 0 Å². The third-order valence-corrected chi connectivity index (χ3v) is 12.4. The summed E-state index contributed by atoms with van der Waals surface area (Å²) in [7, 11) is 0. The standard InChI is InChI=1S/C13H21N3O3S.C11H16N2O4S.C9H14N2O3S.C8H13N3OS.C6H8N2O2S/c1-13(2,3)19-12(17)15-11-14-10(9-20-11)8-16-4-6-18-7-5-16;1-5-16-8(14)7-6-18-9(12-7)13-10(15)17-11(2,3)4;1-9(2,3)14-8(13)11-7-10-6(4-12)5-15-7;9-8-10-7(6-13-8)5-11-1-3-12-4-2-11;1-2-10-5(9)4-3-11-6(7)8-4/h9H,4-8H2,1-3H3,(H,14,15,17);6H,5H2,1-4H3,(H,12,13,15);5,12H,4H2,1-3H3,(H,10,11,13);6H,1-5H2,(H2,9,10);3H,2H2,1H3,(H2,7,8). The van der Waals surface area contributed by atoms with Gasteiger partial charge in [0.25, 0.3) is 0 Å². The van der Waals surface area contributed by atoms with Crippen molar-refractivity contribution >= 4 is 113 Å². The van der Waals surface area contributed by atoms with Crippen molar-refractivity contribution < 1.29 is 62.2 Å². The smallest absolute Gasteiger partial charge is 0.413 e. The minimum atomic E-state index is -0.604. The molecule has 2 saturated heterocycles. The summed E-state index contributed by atoms with van der Waals surface area (Å²) >= 11 is 6.52. The molecule has 428 valence electrons. The molecule has 0 saturated carbocycles. The van der Waals surface area contributed by atoms with E-state index in [0.717, 1.165) is 88.4 Å². The molecule has 25 nitrogen and oxygen atoms in total. The minimum absolute atomic E-state index is 0.132. The second kappa shape index (κ2) is 32.9. The lowest BCUT2D eigenvalue weighted by Gasteiger charge is -2.25. The van der Waals surface area contributed by atoms with Crippen LogP contribution >= 0.6 is 56.7 Å². The van der Waals surface area contributed by atoms with E-state index in [2.05, 4.69) is 50.7 Å². The van der Waals surface area contributed by atoms with Crippen LogP contribution in [0.1, 0.15) is 114 Å². The number of anilines is 5. The molecule has 0 aromatic carbocycles. The Bertz CT molecular complexity index is 2550. The second-order valence-corrected chi connectivity index (χ2v) is 23.2. The number of hydrogen-bond acceptors (Lipinski definition) is 27. The van der Waals surface area contributed by atoms with Gasteiger partial charge in [-0.15, -0.1) is 56.7 Å². The van der Waals surface area contributed by atoms with Gasteiger partial charge in [-0.05, 0) is 76.2 Å². The van der Waals surface area contributed by atoms with Crippen LogP contribution in [-0.4, -0.2) is 153 Å². The Labute approximate surface area is 468 Å². The topological polar surface area (TPSA) is 329 Å². The number of esters is 2. The number of amides is 3. The molecule has 30 heteroatoms. The number of nitrogens with one attached hydrogen (secondary N) is 3. The monoisotopic (exact) mass is 1170 g/mol. The molecule has 7 rings (SSSR count). The lowest BCUT2D eigenvalue weighted by Crippen LogP contribution is -2.35. The molecule has 2 fully saturated rings. The summed E-state index contributed by atoms with van der Waals surface area (Å²) in [6.07, 6.45) is -1.61.